The van der Waals surface area contributed by atoms with Crippen LogP contribution in [0.15, 0.2) is 30.3 Å². The van der Waals surface area contributed by atoms with Crippen molar-refractivity contribution in [3.63, 3.8) is 0 Å². The molecule has 0 spiro atoms. The molecule has 1 atom stereocenters. The maximum Gasteiger partial charge on any atom is 0.190 e. The topological polar surface area (TPSA) is 51.2 Å². The number of sulfone groups is 1. The summed E-state index contributed by atoms with van der Waals surface area (Å²) < 4.78 is 21.2. The highest BCUT2D eigenvalue weighted by Crippen LogP contribution is 2.15. The van der Waals surface area contributed by atoms with Crippen molar-refractivity contribution < 1.29 is 13.2 Å². The molecule has 1 rings (SSSR count). The molecule has 0 aromatic heterocycles. The van der Waals surface area contributed by atoms with E-state index in [2.05, 4.69) is 0 Å². The van der Waals surface area contributed by atoms with E-state index in [4.69, 9.17) is 0 Å². The van der Waals surface area contributed by atoms with Gasteiger partial charge in [0.2, 0.25) is 0 Å². The van der Waals surface area contributed by atoms with E-state index in [0.717, 1.165) is 6.26 Å². The second-order valence-corrected chi connectivity index (χ2v) is 7.10. The minimum absolute atomic E-state index is 0.367. The molecule has 0 aliphatic carbocycles. The van der Waals surface area contributed by atoms with Gasteiger partial charge in [-0.2, -0.15) is 0 Å². The second-order valence-electron chi connectivity index (χ2n) is 2.88. The molecule has 0 radical (unpaired) electrons. The zero-order valence-electron chi connectivity index (χ0n) is 7.48. The number of benzene rings is 1. The monoisotopic (exact) mass is 324 g/mol. The Morgan fingerprint density at radius 3 is 2.21 bits per heavy atom. The lowest BCUT2D eigenvalue weighted by molar-refractivity contribution is 0.101. The number of ketones is 1. The van der Waals surface area contributed by atoms with E-state index >= 15 is 0 Å². The third-order valence-electron chi connectivity index (χ3n) is 1.64. The number of hydrogen-bond donors (Lipinski definition) is 0. The summed E-state index contributed by atoms with van der Waals surface area (Å²) in [4.78, 5) is 11.6. The van der Waals surface area contributed by atoms with Crippen LogP contribution in [-0.4, -0.2) is 23.7 Å². The molecule has 76 valence electrons. The summed E-state index contributed by atoms with van der Waals surface area (Å²) in [6.07, 6.45) is 1.06. The highest BCUT2D eigenvalue weighted by atomic mass is 127. The third kappa shape index (κ3) is 2.78. The van der Waals surface area contributed by atoms with Crippen molar-refractivity contribution in [3.05, 3.63) is 35.9 Å². The van der Waals surface area contributed by atoms with Crippen LogP contribution >= 0.6 is 22.6 Å². The molecular weight excluding hydrogens is 315 g/mol. The predicted molar refractivity (Wildman–Crippen MR) is 63.4 cm³/mol. The average molecular weight is 324 g/mol. The van der Waals surface area contributed by atoms with Crippen molar-refractivity contribution in [3.8, 4) is 0 Å². The maximum atomic E-state index is 11.6. The van der Waals surface area contributed by atoms with Crippen molar-refractivity contribution in [2.45, 2.75) is 3.26 Å². The Labute approximate surface area is 96.6 Å². The molecule has 0 amide bonds. The van der Waals surface area contributed by atoms with E-state index < -0.39 is 13.1 Å². The van der Waals surface area contributed by atoms with Gasteiger partial charge in [-0.1, -0.05) is 52.9 Å². The molecule has 0 N–H and O–H groups in total. The van der Waals surface area contributed by atoms with Crippen molar-refractivity contribution in [2.75, 3.05) is 6.26 Å². The average Bonchev–Trinajstić information content (AvgIpc) is 2.15. The lowest BCUT2D eigenvalue weighted by Crippen LogP contribution is -2.23. The van der Waals surface area contributed by atoms with Crippen LogP contribution in [0.25, 0.3) is 0 Å². The zero-order valence-corrected chi connectivity index (χ0v) is 10.4. The molecule has 0 saturated carbocycles. The first kappa shape index (κ1) is 11.6. The molecule has 1 aromatic carbocycles. The first-order valence-electron chi connectivity index (χ1n) is 3.85. The van der Waals surface area contributed by atoms with Gasteiger partial charge in [-0.25, -0.2) is 8.42 Å². The molecule has 0 bridgehead atoms. The molecule has 0 heterocycles. The van der Waals surface area contributed by atoms with Crippen LogP contribution in [-0.2, 0) is 9.84 Å². The minimum atomic E-state index is -3.31. The fourth-order valence-corrected chi connectivity index (χ4v) is 1.81. The van der Waals surface area contributed by atoms with Crippen LogP contribution in [0.1, 0.15) is 10.4 Å². The Balaban J connectivity index is 2.99. The molecular formula is C9H9IO3S. The fourth-order valence-electron chi connectivity index (χ4n) is 0.928. The number of rotatable bonds is 3. The Hall–Kier alpha value is -0.430. The fraction of sp³-hybridized carbons (Fsp3) is 0.222. The van der Waals surface area contributed by atoms with Gasteiger partial charge in [-0.3, -0.25) is 4.79 Å². The number of carbonyl (C=O) groups is 1. The van der Waals surface area contributed by atoms with Gasteiger partial charge < -0.3 is 0 Å². The van der Waals surface area contributed by atoms with Gasteiger partial charge in [0, 0.05) is 11.8 Å². The summed E-state index contributed by atoms with van der Waals surface area (Å²) in [5.74, 6) is -0.367. The van der Waals surface area contributed by atoms with Gasteiger partial charge in [0.1, 0.15) is 0 Å². The van der Waals surface area contributed by atoms with Crippen LogP contribution in [0.5, 0.6) is 0 Å². The van der Waals surface area contributed by atoms with E-state index in [1.54, 1.807) is 52.9 Å². The number of hydrogen-bond acceptors (Lipinski definition) is 3. The minimum Gasteiger partial charge on any atom is -0.292 e. The maximum absolute atomic E-state index is 11.6. The number of carbonyl (C=O) groups excluding carboxylic acids is 1. The van der Waals surface area contributed by atoms with Gasteiger partial charge in [0.15, 0.2) is 18.9 Å². The van der Waals surface area contributed by atoms with E-state index in [1.807, 2.05) is 0 Å². The number of Topliss-reactive ketones (excluding diaryl/α,β-unsaturated/α-hetero) is 1. The Bertz CT molecular complexity index is 425. The number of alkyl halides is 1. The van der Waals surface area contributed by atoms with Gasteiger partial charge in [0.25, 0.3) is 0 Å². The molecule has 0 saturated heterocycles. The molecule has 0 fully saturated rings. The summed E-state index contributed by atoms with van der Waals surface area (Å²) >= 11 is 1.64. The van der Waals surface area contributed by atoms with Crippen LogP contribution < -0.4 is 0 Å². The highest BCUT2D eigenvalue weighted by Gasteiger charge is 2.26. The van der Waals surface area contributed by atoms with Gasteiger partial charge in [-0.05, 0) is 0 Å². The summed E-state index contributed by atoms with van der Waals surface area (Å²) in [7, 11) is -3.31. The molecule has 0 aliphatic heterocycles. The van der Waals surface area contributed by atoms with Crippen LogP contribution in [0.4, 0.5) is 0 Å². The smallest absolute Gasteiger partial charge is 0.190 e. The lowest BCUT2D eigenvalue weighted by atomic mass is 10.2. The molecule has 0 unspecified atom stereocenters. The van der Waals surface area contributed by atoms with Crippen molar-refractivity contribution in [1.82, 2.24) is 0 Å². The largest absolute Gasteiger partial charge is 0.292 e. The van der Waals surface area contributed by atoms with Crippen LogP contribution in [0.2, 0.25) is 0 Å². The summed E-state index contributed by atoms with van der Waals surface area (Å²) in [6, 6.07) is 8.41. The SMILES string of the molecule is CS(=O)(=O)[C@@H](I)C(=O)c1ccccc1. The third-order valence-corrected chi connectivity index (χ3v) is 5.94. The molecule has 3 nitrogen and oxygen atoms in total. The Morgan fingerprint density at radius 1 is 1.29 bits per heavy atom. The van der Waals surface area contributed by atoms with Gasteiger partial charge in [0.05, 0.1) is 0 Å². The van der Waals surface area contributed by atoms with Gasteiger partial charge in [-0.15, -0.1) is 0 Å². The lowest BCUT2D eigenvalue weighted by Gasteiger charge is -2.05. The first-order chi connectivity index (χ1) is 6.43. The standard InChI is InChI=1S/C9H9IO3S/c1-14(12,13)9(10)8(11)7-5-3-2-4-6-7/h2-6,9H,1H3/t9-/m1/s1. The Kier molecular flexibility index (Phi) is 3.65. The van der Waals surface area contributed by atoms with Crippen molar-refractivity contribution >= 4 is 38.2 Å². The summed E-state index contributed by atoms with van der Waals surface area (Å²) in [6.45, 7) is 0. The molecule has 5 heteroatoms. The predicted octanol–water partition coefficient (Wildman–Crippen LogP) is 1.68. The molecule has 14 heavy (non-hydrogen) atoms. The van der Waals surface area contributed by atoms with E-state index in [1.165, 1.54) is 0 Å². The van der Waals surface area contributed by atoms with Crippen molar-refractivity contribution in [2.24, 2.45) is 0 Å². The first-order valence-corrected chi connectivity index (χ1v) is 7.05. The highest BCUT2D eigenvalue weighted by molar-refractivity contribution is 14.1. The molecule has 1 aromatic rings. The summed E-state index contributed by atoms with van der Waals surface area (Å²) in [5.41, 5.74) is 0.428. The van der Waals surface area contributed by atoms with Crippen LogP contribution in [0, 0.1) is 0 Å². The van der Waals surface area contributed by atoms with E-state index in [0.29, 0.717) is 5.56 Å². The van der Waals surface area contributed by atoms with Crippen molar-refractivity contribution in [1.29, 1.82) is 0 Å². The van der Waals surface area contributed by atoms with E-state index in [9.17, 15) is 13.2 Å². The molecule has 0 aliphatic rings. The zero-order chi connectivity index (χ0) is 10.8. The summed E-state index contributed by atoms with van der Waals surface area (Å²) in [5, 5.41) is 0. The van der Waals surface area contributed by atoms with E-state index in [-0.39, 0.29) is 5.78 Å². The Morgan fingerprint density at radius 2 is 1.79 bits per heavy atom. The number of halogens is 1. The van der Waals surface area contributed by atoms with Crippen LogP contribution in [0.3, 0.4) is 0 Å². The quantitative estimate of drug-likeness (QED) is 0.483. The second kappa shape index (κ2) is 4.39. The van der Waals surface area contributed by atoms with Gasteiger partial charge >= 0.3 is 0 Å². The normalized spacial score (nSPS) is 13.6.